The monoisotopic (exact) mass is 456 g/mol. The molecule has 3 aromatic rings. The third-order valence-corrected chi connectivity index (χ3v) is 5.93. The third kappa shape index (κ3) is 2.99. The van der Waals surface area contributed by atoms with Gasteiger partial charge in [0.15, 0.2) is 0 Å². The van der Waals surface area contributed by atoms with E-state index in [1.165, 1.54) is 6.07 Å². The summed E-state index contributed by atoms with van der Waals surface area (Å²) in [5.74, 6) is 0.471. The van der Waals surface area contributed by atoms with E-state index in [2.05, 4.69) is 28.1 Å². The van der Waals surface area contributed by atoms with Crippen molar-refractivity contribution in [2.45, 2.75) is 18.7 Å². The Morgan fingerprint density at radius 1 is 1.07 bits per heavy atom. The summed E-state index contributed by atoms with van der Waals surface area (Å²) in [6.45, 7) is 0. The number of nitrogens with zero attached hydrogens (tertiary/aromatic N) is 2. The summed E-state index contributed by atoms with van der Waals surface area (Å²) in [6.07, 6.45) is 0.302. The van der Waals surface area contributed by atoms with Gasteiger partial charge in [-0.05, 0) is 51.8 Å². The maximum absolute atomic E-state index is 13.8. The van der Waals surface area contributed by atoms with Crippen LogP contribution in [0.25, 0.3) is 0 Å². The molecular formula is C22H15BrClFN2O. The van der Waals surface area contributed by atoms with Crippen LogP contribution in [0.5, 0.6) is 5.75 Å². The summed E-state index contributed by atoms with van der Waals surface area (Å²) in [6, 6.07) is 20.7. The minimum Gasteiger partial charge on any atom is -0.464 e. The van der Waals surface area contributed by atoms with Gasteiger partial charge in [-0.25, -0.2) is 9.40 Å². The van der Waals surface area contributed by atoms with E-state index in [4.69, 9.17) is 21.4 Å². The zero-order chi connectivity index (χ0) is 19.3. The van der Waals surface area contributed by atoms with E-state index in [1.54, 1.807) is 12.1 Å². The lowest BCUT2D eigenvalue weighted by Gasteiger charge is -2.38. The molecule has 0 N–H and O–H groups in total. The molecule has 2 heterocycles. The minimum absolute atomic E-state index is 0.00600. The molecule has 0 saturated carbocycles. The first kappa shape index (κ1) is 17.7. The highest BCUT2D eigenvalue weighted by Crippen LogP contribution is 2.48. The van der Waals surface area contributed by atoms with Gasteiger partial charge in [0.25, 0.3) is 0 Å². The van der Waals surface area contributed by atoms with Crippen LogP contribution in [0.2, 0.25) is 5.02 Å². The highest BCUT2D eigenvalue weighted by atomic mass is 79.9. The molecule has 0 saturated heterocycles. The lowest BCUT2D eigenvalue weighted by molar-refractivity contribution is -0.0191. The van der Waals surface area contributed by atoms with Crippen molar-refractivity contribution in [3.8, 4) is 5.75 Å². The van der Waals surface area contributed by atoms with Crippen molar-refractivity contribution in [3.05, 3.63) is 98.7 Å². The Hall–Kier alpha value is -2.37. The zero-order valence-corrected chi connectivity index (χ0v) is 17.0. The van der Waals surface area contributed by atoms with Crippen LogP contribution in [0.4, 0.5) is 4.39 Å². The van der Waals surface area contributed by atoms with Crippen LogP contribution in [0.15, 0.2) is 76.3 Å². The molecule has 3 aromatic carbocycles. The third-order valence-electron chi connectivity index (χ3n) is 5.09. The molecule has 0 amide bonds. The molecule has 0 aromatic heterocycles. The topological polar surface area (TPSA) is 24.8 Å². The number of rotatable bonds is 2. The molecule has 0 radical (unpaired) electrons. The van der Waals surface area contributed by atoms with Gasteiger partial charge in [-0.15, -0.1) is 0 Å². The predicted octanol–water partition coefficient (Wildman–Crippen LogP) is 6.48. The average Bonchev–Trinajstić information content (AvgIpc) is 3.16. The van der Waals surface area contributed by atoms with Crippen molar-refractivity contribution < 1.29 is 9.13 Å². The normalized spacial score (nSPS) is 20.2. The second kappa shape index (κ2) is 6.90. The van der Waals surface area contributed by atoms with Crippen LogP contribution >= 0.6 is 27.5 Å². The molecule has 0 spiro atoms. The van der Waals surface area contributed by atoms with E-state index < -0.39 is 6.23 Å². The van der Waals surface area contributed by atoms with Gasteiger partial charge in [-0.3, -0.25) is 0 Å². The van der Waals surface area contributed by atoms with Gasteiger partial charge >= 0.3 is 0 Å². The Bertz CT molecular complexity index is 1090. The van der Waals surface area contributed by atoms with Crippen LogP contribution in [0.1, 0.15) is 35.4 Å². The van der Waals surface area contributed by atoms with Crippen LogP contribution in [0.3, 0.4) is 0 Å². The first-order chi connectivity index (χ1) is 13.6. The molecule has 2 aliphatic rings. The van der Waals surface area contributed by atoms with E-state index in [-0.39, 0.29) is 11.9 Å². The van der Waals surface area contributed by atoms with E-state index in [0.29, 0.717) is 9.50 Å². The predicted molar refractivity (Wildman–Crippen MR) is 111 cm³/mol. The van der Waals surface area contributed by atoms with Crippen molar-refractivity contribution >= 4 is 33.2 Å². The highest BCUT2D eigenvalue weighted by Gasteiger charge is 2.41. The molecule has 28 heavy (non-hydrogen) atoms. The minimum atomic E-state index is -0.447. The van der Waals surface area contributed by atoms with Crippen LogP contribution in [-0.4, -0.2) is 10.7 Å². The number of ether oxygens (including phenoxy) is 1. The molecule has 5 rings (SSSR count). The van der Waals surface area contributed by atoms with Crippen LogP contribution < -0.4 is 4.74 Å². The van der Waals surface area contributed by atoms with Crippen molar-refractivity contribution in [1.29, 1.82) is 0 Å². The largest absolute Gasteiger partial charge is 0.464 e. The van der Waals surface area contributed by atoms with Gasteiger partial charge in [0.05, 0.1) is 16.2 Å². The molecule has 3 nitrogen and oxygen atoms in total. The summed E-state index contributed by atoms with van der Waals surface area (Å²) < 4.78 is 20.4. The smallest absolute Gasteiger partial charge is 0.213 e. The van der Waals surface area contributed by atoms with E-state index >= 15 is 0 Å². The summed E-state index contributed by atoms with van der Waals surface area (Å²) >= 11 is 9.53. The molecule has 2 aliphatic heterocycles. The highest BCUT2D eigenvalue weighted by molar-refractivity contribution is 9.10. The summed E-state index contributed by atoms with van der Waals surface area (Å²) in [4.78, 5) is 0. The van der Waals surface area contributed by atoms with Crippen LogP contribution in [0, 0.1) is 5.82 Å². The Labute approximate surface area is 175 Å². The fraction of sp³-hybridized carbons (Fsp3) is 0.136. The molecule has 2 atom stereocenters. The summed E-state index contributed by atoms with van der Waals surface area (Å²) in [5.41, 5.74) is 3.92. The number of halogens is 3. The molecule has 0 unspecified atom stereocenters. The van der Waals surface area contributed by atoms with Gasteiger partial charge in [0, 0.05) is 22.6 Å². The first-order valence-corrected chi connectivity index (χ1v) is 10.1. The van der Waals surface area contributed by atoms with Gasteiger partial charge in [-0.2, -0.15) is 5.10 Å². The number of hydrogen-bond acceptors (Lipinski definition) is 3. The summed E-state index contributed by atoms with van der Waals surface area (Å²) in [5, 5.41) is 7.52. The fourth-order valence-corrected chi connectivity index (χ4v) is 4.33. The molecule has 6 heteroatoms. The van der Waals surface area contributed by atoms with Crippen molar-refractivity contribution in [3.63, 3.8) is 0 Å². The molecule has 140 valence electrons. The quantitative estimate of drug-likeness (QED) is 0.440. The Morgan fingerprint density at radius 3 is 2.68 bits per heavy atom. The van der Waals surface area contributed by atoms with E-state index in [9.17, 15) is 4.39 Å². The van der Waals surface area contributed by atoms with Crippen molar-refractivity contribution in [2.75, 3.05) is 0 Å². The number of benzene rings is 3. The van der Waals surface area contributed by atoms with Gasteiger partial charge in [0.1, 0.15) is 11.6 Å². The maximum atomic E-state index is 13.8. The van der Waals surface area contributed by atoms with Crippen molar-refractivity contribution in [1.82, 2.24) is 5.01 Å². The van der Waals surface area contributed by atoms with Crippen molar-refractivity contribution in [2.24, 2.45) is 5.10 Å². The molecule has 0 fully saturated rings. The van der Waals surface area contributed by atoms with Gasteiger partial charge in [0.2, 0.25) is 6.23 Å². The van der Waals surface area contributed by atoms with Gasteiger partial charge < -0.3 is 4.74 Å². The Kier molecular flexibility index (Phi) is 4.37. The number of fused-ring (bicyclic) bond motifs is 3. The first-order valence-electron chi connectivity index (χ1n) is 8.92. The van der Waals surface area contributed by atoms with E-state index in [0.717, 1.165) is 34.6 Å². The standard InChI is InChI=1S/C22H15BrClFN2O/c23-17-10-14(6-8-18(17)25)22-27-20(16-11-15(24)7-9-21(16)28-22)12-19(26-27)13-4-2-1-3-5-13/h1-11,20,22H,12H2/t20-,22+/m1/s1. The van der Waals surface area contributed by atoms with E-state index in [1.807, 2.05) is 41.4 Å². The molecular weight excluding hydrogens is 443 g/mol. The van der Waals surface area contributed by atoms with Gasteiger partial charge in [-0.1, -0.05) is 48.0 Å². The Balaban J connectivity index is 1.62. The number of hydrazone groups is 1. The molecule has 0 bridgehead atoms. The maximum Gasteiger partial charge on any atom is 0.213 e. The zero-order valence-electron chi connectivity index (χ0n) is 14.6. The lowest BCUT2D eigenvalue weighted by Crippen LogP contribution is -2.33. The fourth-order valence-electron chi connectivity index (χ4n) is 3.75. The second-order valence-corrected chi connectivity index (χ2v) is 8.13. The Morgan fingerprint density at radius 2 is 1.89 bits per heavy atom. The lowest BCUT2D eigenvalue weighted by atomic mass is 9.96. The summed E-state index contributed by atoms with van der Waals surface area (Å²) in [7, 11) is 0. The molecule has 0 aliphatic carbocycles. The second-order valence-electron chi connectivity index (χ2n) is 6.84. The average molecular weight is 458 g/mol. The van der Waals surface area contributed by atoms with Crippen LogP contribution in [-0.2, 0) is 0 Å². The number of hydrogen-bond donors (Lipinski definition) is 0. The SMILES string of the molecule is Fc1ccc([C@@H]2Oc3ccc(Cl)cc3[C@H]3CC(c4ccccc4)=NN32)cc1Br.